The molecule has 0 amide bonds. The van der Waals surface area contributed by atoms with Gasteiger partial charge in [-0.05, 0) is 53.0 Å². The lowest BCUT2D eigenvalue weighted by Crippen LogP contribution is -2.43. The first-order chi connectivity index (χ1) is 7.54. The molecule has 1 atom stereocenters. The Bertz CT molecular complexity index is 223. The molecule has 1 unspecified atom stereocenters. The molecule has 0 aliphatic carbocycles. The molecule has 4 heteroatoms. The van der Waals surface area contributed by atoms with Crippen LogP contribution in [0.15, 0.2) is 0 Å². The lowest BCUT2D eigenvalue weighted by molar-refractivity contribution is -0.142. The minimum atomic E-state index is -0.0994. The van der Waals surface area contributed by atoms with Crippen molar-refractivity contribution in [3.05, 3.63) is 0 Å². The molecule has 1 aliphatic rings. The Kier molecular flexibility index (Phi) is 5.22. The van der Waals surface area contributed by atoms with Gasteiger partial charge < -0.3 is 14.5 Å². The standard InChI is InChI=1S/C12H24N2O2/c1-13(2)11(9-12(15)16-4)10-5-7-14(3)8-6-10/h10-11H,5-9H2,1-4H3. The first-order valence-electron chi connectivity index (χ1n) is 5.96. The minimum absolute atomic E-state index is 0.0994. The zero-order chi connectivity index (χ0) is 12.1. The maximum atomic E-state index is 11.4. The van der Waals surface area contributed by atoms with Crippen molar-refractivity contribution in [2.24, 2.45) is 5.92 Å². The number of piperidine rings is 1. The molecule has 1 aliphatic heterocycles. The average molecular weight is 228 g/mol. The van der Waals surface area contributed by atoms with E-state index in [2.05, 4.69) is 16.8 Å². The lowest BCUT2D eigenvalue weighted by Gasteiger charge is -2.37. The molecular weight excluding hydrogens is 204 g/mol. The molecule has 4 nitrogen and oxygen atoms in total. The van der Waals surface area contributed by atoms with Crippen LogP contribution in [0.3, 0.4) is 0 Å². The van der Waals surface area contributed by atoms with E-state index in [0.29, 0.717) is 18.4 Å². The van der Waals surface area contributed by atoms with E-state index in [-0.39, 0.29) is 5.97 Å². The zero-order valence-electron chi connectivity index (χ0n) is 10.9. The summed E-state index contributed by atoms with van der Waals surface area (Å²) in [6.45, 7) is 2.27. The van der Waals surface area contributed by atoms with Crippen LogP contribution in [0.25, 0.3) is 0 Å². The Morgan fingerprint density at radius 3 is 2.44 bits per heavy atom. The lowest BCUT2D eigenvalue weighted by atomic mass is 9.87. The van der Waals surface area contributed by atoms with Crippen LogP contribution in [0.1, 0.15) is 19.3 Å². The number of hydrogen-bond acceptors (Lipinski definition) is 4. The molecule has 1 heterocycles. The molecule has 0 bridgehead atoms. The zero-order valence-corrected chi connectivity index (χ0v) is 10.9. The fourth-order valence-corrected chi connectivity index (χ4v) is 2.44. The van der Waals surface area contributed by atoms with E-state index in [1.165, 1.54) is 20.0 Å². The number of hydrogen-bond donors (Lipinski definition) is 0. The van der Waals surface area contributed by atoms with Gasteiger partial charge in [0.2, 0.25) is 0 Å². The van der Waals surface area contributed by atoms with Crippen LogP contribution in [-0.2, 0) is 9.53 Å². The van der Waals surface area contributed by atoms with E-state index in [4.69, 9.17) is 4.74 Å². The summed E-state index contributed by atoms with van der Waals surface area (Å²) in [7, 11) is 7.71. The molecule has 0 N–H and O–H groups in total. The van der Waals surface area contributed by atoms with Gasteiger partial charge in [0.05, 0.1) is 13.5 Å². The summed E-state index contributed by atoms with van der Waals surface area (Å²) in [6.07, 6.45) is 2.87. The summed E-state index contributed by atoms with van der Waals surface area (Å²) in [5.41, 5.74) is 0. The molecule has 0 aromatic carbocycles. The Morgan fingerprint density at radius 2 is 2.00 bits per heavy atom. The Balaban J connectivity index is 2.52. The highest BCUT2D eigenvalue weighted by Crippen LogP contribution is 2.24. The molecule has 1 rings (SSSR count). The largest absolute Gasteiger partial charge is 0.469 e. The van der Waals surface area contributed by atoms with Crippen molar-refractivity contribution in [3.8, 4) is 0 Å². The number of carbonyl (C=O) groups is 1. The van der Waals surface area contributed by atoms with Crippen molar-refractivity contribution >= 4 is 5.97 Å². The quantitative estimate of drug-likeness (QED) is 0.667. The molecule has 1 fully saturated rings. The van der Waals surface area contributed by atoms with Gasteiger partial charge in [-0.3, -0.25) is 4.79 Å². The van der Waals surface area contributed by atoms with Crippen LogP contribution in [-0.4, -0.2) is 63.2 Å². The summed E-state index contributed by atoms with van der Waals surface area (Å²) in [5, 5.41) is 0. The number of ether oxygens (including phenoxy) is 1. The first kappa shape index (κ1) is 13.5. The smallest absolute Gasteiger partial charge is 0.307 e. The second kappa shape index (κ2) is 6.21. The summed E-state index contributed by atoms with van der Waals surface area (Å²) in [5.74, 6) is 0.517. The van der Waals surface area contributed by atoms with Crippen LogP contribution >= 0.6 is 0 Å². The molecule has 0 aromatic rings. The van der Waals surface area contributed by atoms with Gasteiger partial charge in [-0.15, -0.1) is 0 Å². The van der Waals surface area contributed by atoms with E-state index in [1.807, 2.05) is 14.1 Å². The summed E-state index contributed by atoms with van der Waals surface area (Å²) < 4.78 is 4.77. The third-order valence-corrected chi connectivity index (χ3v) is 3.57. The number of carbonyl (C=O) groups excluding carboxylic acids is 1. The fourth-order valence-electron chi connectivity index (χ4n) is 2.44. The van der Waals surface area contributed by atoms with Crippen molar-refractivity contribution in [3.63, 3.8) is 0 Å². The second-order valence-electron chi connectivity index (χ2n) is 4.95. The monoisotopic (exact) mass is 228 g/mol. The van der Waals surface area contributed by atoms with Crippen molar-refractivity contribution in [1.82, 2.24) is 9.80 Å². The van der Waals surface area contributed by atoms with Crippen LogP contribution in [0.2, 0.25) is 0 Å². The van der Waals surface area contributed by atoms with Gasteiger partial charge >= 0.3 is 5.97 Å². The SMILES string of the molecule is COC(=O)CC(C1CCN(C)CC1)N(C)C. The van der Waals surface area contributed by atoms with Gasteiger partial charge in [-0.25, -0.2) is 0 Å². The number of nitrogens with zero attached hydrogens (tertiary/aromatic N) is 2. The van der Waals surface area contributed by atoms with Crippen LogP contribution < -0.4 is 0 Å². The van der Waals surface area contributed by atoms with Gasteiger partial charge in [0.15, 0.2) is 0 Å². The molecule has 0 spiro atoms. The van der Waals surface area contributed by atoms with E-state index in [0.717, 1.165) is 13.1 Å². The average Bonchev–Trinajstić information content (AvgIpc) is 2.26. The molecule has 0 radical (unpaired) electrons. The van der Waals surface area contributed by atoms with E-state index in [1.54, 1.807) is 0 Å². The highest BCUT2D eigenvalue weighted by atomic mass is 16.5. The van der Waals surface area contributed by atoms with Crippen molar-refractivity contribution in [2.75, 3.05) is 41.3 Å². The van der Waals surface area contributed by atoms with Gasteiger partial charge in [-0.1, -0.05) is 0 Å². The van der Waals surface area contributed by atoms with E-state index < -0.39 is 0 Å². The normalized spacial score (nSPS) is 21.1. The Hall–Kier alpha value is -0.610. The predicted molar refractivity (Wildman–Crippen MR) is 64.3 cm³/mol. The topological polar surface area (TPSA) is 32.8 Å². The van der Waals surface area contributed by atoms with Crippen LogP contribution in [0.5, 0.6) is 0 Å². The summed E-state index contributed by atoms with van der Waals surface area (Å²) in [4.78, 5) is 15.9. The van der Waals surface area contributed by atoms with Crippen molar-refractivity contribution < 1.29 is 9.53 Å². The van der Waals surface area contributed by atoms with E-state index in [9.17, 15) is 4.79 Å². The number of esters is 1. The highest BCUT2D eigenvalue weighted by molar-refractivity contribution is 5.69. The van der Waals surface area contributed by atoms with Crippen LogP contribution in [0.4, 0.5) is 0 Å². The van der Waals surface area contributed by atoms with Crippen molar-refractivity contribution in [1.29, 1.82) is 0 Å². The molecule has 0 aromatic heterocycles. The summed E-state index contributed by atoms with van der Waals surface area (Å²) in [6, 6.07) is 0.321. The van der Waals surface area contributed by atoms with Gasteiger partial charge in [0, 0.05) is 6.04 Å². The van der Waals surface area contributed by atoms with Crippen LogP contribution in [0, 0.1) is 5.92 Å². The minimum Gasteiger partial charge on any atom is -0.469 e. The third-order valence-electron chi connectivity index (χ3n) is 3.57. The fraction of sp³-hybridized carbons (Fsp3) is 0.917. The summed E-state index contributed by atoms with van der Waals surface area (Å²) >= 11 is 0. The molecule has 1 saturated heterocycles. The predicted octanol–water partition coefficient (Wildman–Crippen LogP) is 0.821. The van der Waals surface area contributed by atoms with Gasteiger partial charge in [0.1, 0.15) is 0 Å². The van der Waals surface area contributed by atoms with E-state index >= 15 is 0 Å². The molecule has 94 valence electrons. The first-order valence-corrected chi connectivity index (χ1v) is 5.96. The molecule has 16 heavy (non-hydrogen) atoms. The van der Waals surface area contributed by atoms with Gasteiger partial charge in [-0.2, -0.15) is 0 Å². The maximum Gasteiger partial charge on any atom is 0.307 e. The van der Waals surface area contributed by atoms with Crippen molar-refractivity contribution in [2.45, 2.75) is 25.3 Å². The molecular formula is C12H24N2O2. The Labute approximate surface area is 98.5 Å². The number of methoxy groups -OCH3 is 1. The number of likely N-dealkylation sites (tertiary alicyclic amines) is 1. The third kappa shape index (κ3) is 3.76. The number of rotatable bonds is 4. The maximum absolute atomic E-state index is 11.4. The molecule has 0 saturated carbocycles. The highest BCUT2D eigenvalue weighted by Gasteiger charge is 2.28. The second-order valence-corrected chi connectivity index (χ2v) is 4.95. The van der Waals surface area contributed by atoms with Gasteiger partial charge in [0.25, 0.3) is 0 Å². The Morgan fingerprint density at radius 1 is 1.44 bits per heavy atom.